The van der Waals surface area contributed by atoms with E-state index in [2.05, 4.69) is 39.6 Å². The van der Waals surface area contributed by atoms with E-state index >= 15 is 0 Å². The molecule has 15 heteroatoms. The highest BCUT2D eigenvalue weighted by atomic mass is 32.2. The van der Waals surface area contributed by atoms with Crippen LogP contribution in [0.15, 0.2) is 78.1 Å². The van der Waals surface area contributed by atoms with Gasteiger partial charge in [0.05, 0.1) is 17.1 Å². The number of rotatable bonds is 12. The summed E-state index contributed by atoms with van der Waals surface area (Å²) in [7, 11) is -1.32. The second-order valence-corrected chi connectivity index (χ2v) is 19.2. The number of aromatic nitrogens is 6. The van der Waals surface area contributed by atoms with Gasteiger partial charge in [-0.25, -0.2) is 14.5 Å². The third-order valence-corrected chi connectivity index (χ3v) is 10.1. The molecule has 0 saturated heterocycles. The Balaban J connectivity index is 1.47. The van der Waals surface area contributed by atoms with E-state index in [-0.39, 0.29) is 23.7 Å². The molecule has 1 unspecified atom stereocenters. The van der Waals surface area contributed by atoms with Crippen LogP contribution >= 0.6 is 0 Å². The highest BCUT2D eigenvalue weighted by molar-refractivity contribution is 7.80. The molecule has 0 fully saturated rings. The molecular formula is C33H37N8O5SSi-. The number of nitrogens with one attached hydrogen (secondary N) is 2. The Labute approximate surface area is 280 Å². The summed E-state index contributed by atoms with van der Waals surface area (Å²) < 4.78 is 36.3. The molecule has 6 rings (SSSR count). The number of para-hydroxylation sites is 1. The van der Waals surface area contributed by atoms with Gasteiger partial charge >= 0.3 is 0 Å². The van der Waals surface area contributed by atoms with Crippen LogP contribution in [0.3, 0.4) is 0 Å². The molecule has 250 valence electrons. The minimum Gasteiger partial charge on any atom is -0.755 e. The van der Waals surface area contributed by atoms with Crippen LogP contribution in [-0.4, -0.2) is 57.3 Å². The molecule has 48 heavy (non-hydrogen) atoms. The average molecular weight is 686 g/mol. The number of phenolic OH excluding ortho intramolecular Hbond substituents is 1. The van der Waals surface area contributed by atoms with Crippen molar-refractivity contribution in [1.29, 1.82) is 0 Å². The summed E-state index contributed by atoms with van der Waals surface area (Å²) in [6.45, 7) is 11.5. The standard InChI is InChI=1S/C33H38N8O5SSi/c1-21-11-12-40-29(21)33(43)41(25-9-7-6-8-10-25)31(37-40)22(2)36-30-28-27(23-15-24(38-47(44)45)17-26(42)16-23)18-39(32(28)35-19-34-30)20-46-13-14-48(3,4)5/h6-12,15-19,22,38,42H,13-14,20H2,1-5H3,(H,44,45)(H,34,35,36)/p-1/t22-/m0/s1. The molecule has 0 bridgehead atoms. The fourth-order valence-corrected chi connectivity index (χ4v) is 6.69. The molecule has 0 aliphatic rings. The lowest BCUT2D eigenvalue weighted by atomic mass is 10.0. The first-order valence-electron chi connectivity index (χ1n) is 15.4. The van der Waals surface area contributed by atoms with Crippen molar-refractivity contribution < 1.29 is 18.6 Å². The molecule has 2 atom stereocenters. The summed E-state index contributed by atoms with van der Waals surface area (Å²) >= 11 is -2.59. The Morgan fingerprint density at radius 3 is 2.60 bits per heavy atom. The number of benzene rings is 2. The first-order valence-corrected chi connectivity index (χ1v) is 20.2. The van der Waals surface area contributed by atoms with Gasteiger partial charge in [-0.3, -0.25) is 13.6 Å². The topological polar surface area (TPSA) is 164 Å². The van der Waals surface area contributed by atoms with E-state index in [1.807, 2.05) is 61.0 Å². The van der Waals surface area contributed by atoms with E-state index < -0.39 is 25.4 Å². The van der Waals surface area contributed by atoms with Crippen LogP contribution in [0.2, 0.25) is 25.7 Å². The van der Waals surface area contributed by atoms with Crippen molar-refractivity contribution in [3.05, 3.63) is 95.1 Å². The number of fused-ring (bicyclic) bond motifs is 2. The highest BCUT2D eigenvalue weighted by Gasteiger charge is 2.23. The summed E-state index contributed by atoms with van der Waals surface area (Å²) in [4.78, 5) is 23.1. The maximum atomic E-state index is 13.9. The number of hydrogen-bond acceptors (Lipinski definition) is 9. The molecule has 0 aliphatic heterocycles. The van der Waals surface area contributed by atoms with Crippen LogP contribution in [0.25, 0.3) is 33.4 Å². The van der Waals surface area contributed by atoms with E-state index in [0.29, 0.717) is 51.6 Å². The number of hydrogen-bond donors (Lipinski definition) is 3. The average Bonchev–Trinajstić information content (AvgIpc) is 3.59. The van der Waals surface area contributed by atoms with Gasteiger partial charge in [0.2, 0.25) is 0 Å². The van der Waals surface area contributed by atoms with Gasteiger partial charge in [0, 0.05) is 55.7 Å². The van der Waals surface area contributed by atoms with Gasteiger partial charge in [0.25, 0.3) is 5.56 Å². The van der Waals surface area contributed by atoms with Crippen molar-refractivity contribution >= 4 is 47.4 Å². The van der Waals surface area contributed by atoms with Crippen molar-refractivity contribution in [2.75, 3.05) is 16.6 Å². The number of anilines is 2. The van der Waals surface area contributed by atoms with Crippen molar-refractivity contribution in [3.8, 4) is 22.6 Å². The normalized spacial score (nSPS) is 13.2. The molecule has 0 radical (unpaired) electrons. The lowest BCUT2D eigenvalue weighted by Crippen LogP contribution is -2.29. The fourth-order valence-electron chi connectivity index (χ4n) is 5.62. The third-order valence-electron chi connectivity index (χ3n) is 7.98. The summed E-state index contributed by atoms with van der Waals surface area (Å²) in [5.41, 5.74) is 3.70. The van der Waals surface area contributed by atoms with E-state index in [1.165, 1.54) is 12.4 Å². The van der Waals surface area contributed by atoms with Crippen LogP contribution < -0.4 is 15.6 Å². The lowest BCUT2D eigenvalue weighted by Gasteiger charge is -2.20. The molecule has 0 saturated carbocycles. The van der Waals surface area contributed by atoms with Crippen LogP contribution in [-0.2, 0) is 22.7 Å². The van der Waals surface area contributed by atoms with E-state index in [1.54, 1.807) is 27.4 Å². The van der Waals surface area contributed by atoms with Crippen molar-refractivity contribution in [2.45, 2.75) is 52.3 Å². The molecular weight excluding hydrogens is 649 g/mol. The second kappa shape index (κ2) is 13.3. The summed E-state index contributed by atoms with van der Waals surface area (Å²) in [5, 5.41) is 19.5. The predicted molar refractivity (Wildman–Crippen MR) is 189 cm³/mol. The maximum Gasteiger partial charge on any atom is 0.282 e. The first kappa shape index (κ1) is 33.1. The zero-order chi connectivity index (χ0) is 34.2. The number of phenols is 1. The summed E-state index contributed by atoms with van der Waals surface area (Å²) in [6, 6.07) is 16.2. The number of nitrogens with zero attached hydrogens (tertiary/aromatic N) is 6. The highest BCUT2D eigenvalue weighted by Crippen LogP contribution is 2.38. The zero-order valence-corrected chi connectivity index (χ0v) is 29.1. The molecule has 13 nitrogen and oxygen atoms in total. The van der Waals surface area contributed by atoms with Gasteiger partial charge < -0.3 is 29.0 Å². The molecule has 6 aromatic rings. The van der Waals surface area contributed by atoms with Crippen molar-refractivity contribution in [3.63, 3.8) is 0 Å². The van der Waals surface area contributed by atoms with Crippen LogP contribution in [0.1, 0.15) is 24.4 Å². The Kier molecular flexibility index (Phi) is 9.20. The van der Waals surface area contributed by atoms with Gasteiger partial charge in [0.1, 0.15) is 35.8 Å². The van der Waals surface area contributed by atoms with E-state index in [9.17, 15) is 18.7 Å². The molecule has 2 aromatic carbocycles. The van der Waals surface area contributed by atoms with E-state index in [4.69, 9.17) is 9.84 Å². The molecule has 0 spiro atoms. The van der Waals surface area contributed by atoms with Gasteiger partial charge in [0.15, 0.2) is 5.82 Å². The molecule has 0 aliphatic carbocycles. The smallest absolute Gasteiger partial charge is 0.282 e. The second-order valence-electron chi connectivity index (χ2n) is 12.9. The Morgan fingerprint density at radius 1 is 1.10 bits per heavy atom. The first-order chi connectivity index (χ1) is 22.9. The largest absolute Gasteiger partial charge is 0.755 e. The fraction of sp³-hybridized carbons (Fsp3) is 0.273. The van der Waals surface area contributed by atoms with Crippen molar-refractivity contribution in [1.82, 2.24) is 28.7 Å². The molecule has 0 amide bonds. The maximum absolute atomic E-state index is 13.9. The summed E-state index contributed by atoms with van der Waals surface area (Å²) in [6.07, 6.45) is 5.07. The van der Waals surface area contributed by atoms with Gasteiger partial charge in [-0.1, -0.05) is 37.8 Å². The third kappa shape index (κ3) is 6.89. The number of aryl methyl sites for hydroxylation is 1. The van der Waals surface area contributed by atoms with Crippen LogP contribution in [0.5, 0.6) is 5.75 Å². The Morgan fingerprint density at radius 2 is 1.88 bits per heavy atom. The lowest BCUT2D eigenvalue weighted by molar-refractivity contribution is 0.0899. The monoisotopic (exact) mass is 685 g/mol. The Bertz CT molecular complexity index is 2190. The van der Waals surface area contributed by atoms with Gasteiger partial charge in [-0.15, -0.1) is 0 Å². The Hall–Kier alpha value is -4.83. The number of aromatic hydroxyl groups is 1. The quantitative estimate of drug-likeness (QED) is 0.0845. The molecule has 4 aromatic heterocycles. The van der Waals surface area contributed by atoms with Crippen LogP contribution in [0, 0.1) is 6.92 Å². The minimum absolute atomic E-state index is 0.126. The number of ether oxygens (including phenoxy) is 1. The molecule has 4 heterocycles. The van der Waals surface area contributed by atoms with Crippen molar-refractivity contribution in [2.24, 2.45) is 0 Å². The van der Waals surface area contributed by atoms with Gasteiger partial charge in [-0.2, -0.15) is 5.10 Å². The zero-order valence-electron chi connectivity index (χ0n) is 27.3. The van der Waals surface area contributed by atoms with E-state index in [0.717, 1.165) is 11.6 Å². The van der Waals surface area contributed by atoms with Gasteiger partial charge in [-0.05, 0) is 61.4 Å². The predicted octanol–water partition coefficient (Wildman–Crippen LogP) is 5.60. The minimum atomic E-state index is -2.59. The SMILES string of the molecule is Cc1ccn2nc([C@H](C)Nc3ncnc4c3c(-c3cc(O)cc(NS(=O)[O-])c3)cn4COCC[Si](C)(C)C)n(-c3ccccc3)c(=O)c12. The summed E-state index contributed by atoms with van der Waals surface area (Å²) in [5.74, 6) is 0.781. The molecule has 3 N–H and O–H groups in total. The van der Waals surface area contributed by atoms with Crippen LogP contribution in [0.4, 0.5) is 11.5 Å².